The van der Waals surface area contributed by atoms with Crippen molar-refractivity contribution in [2.75, 3.05) is 7.11 Å². The van der Waals surface area contributed by atoms with Crippen LogP contribution in [0.3, 0.4) is 0 Å². The Balaban J connectivity index is 2.08. The minimum Gasteiger partial charge on any atom is -0.504 e. The predicted molar refractivity (Wildman–Crippen MR) is 144 cm³/mol. The molecule has 4 heteroatoms. The summed E-state index contributed by atoms with van der Waals surface area (Å²) in [5.74, 6) is 0.545. The standard InChI is InChI=1S/C30H45NO3/c1-5-6-22-30(2,3)23-18-16-14-12-10-8-7-9-11-13-15-17-19-29(33)31-25-26-20-21-27(32)28(24-26)34-4/h7-8,11-14,18,20-21,23-24,32H,5-6,9-10,15-17,19,22,25H2,1-4H3,(H,31,33)/b8-7-,13-11-,14-12-,23-18-. The Kier molecular flexibility index (Phi) is 15.2. The Hall–Kier alpha value is -2.75. The fraction of sp³-hybridized carbons (Fsp3) is 0.500. The van der Waals surface area contributed by atoms with Crippen LogP contribution in [0.15, 0.2) is 66.8 Å². The molecule has 0 spiro atoms. The molecule has 0 radical (unpaired) electrons. The molecule has 0 aliphatic rings. The van der Waals surface area contributed by atoms with E-state index < -0.39 is 0 Å². The van der Waals surface area contributed by atoms with Crippen LogP contribution in [0.2, 0.25) is 0 Å². The molecule has 4 nitrogen and oxygen atoms in total. The van der Waals surface area contributed by atoms with Crippen molar-refractivity contribution in [3.63, 3.8) is 0 Å². The number of carbonyl (C=O) groups excluding carboxylic acids is 1. The van der Waals surface area contributed by atoms with Crippen LogP contribution in [0.5, 0.6) is 11.5 Å². The minimum atomic E-state index is 0.0338. The summed E-state index contributed by atoms with van der Waals surface area (Å²) in [5, 5.41) is 12.5. The van der Waals surface area contributed by atoms with E-state index in [0.29, 0.717) is 24.1 Å². The van der Waals surface area contributed by atoms with Gasteiger partial charge in [0.15, 0.2) is 11.5 Å². The maximum Gasteiger partial charge on any atom is 0.220 e. The first-order chi connectivity index (χ1) is 16.4. The summed E-state index contributed by atoms with van der Waals surface area (Å²) in [6, 6.07) is 5.08. The predicted octanol–water partition coefficient (Wildman–Crippen LogP) is 7.80. The van der Waals surface area contributed by atoms with Gasteiger partial charge >= 0.3 is 0 Å². The molecule has 0 bridgehead atoms. The number of phenolic OH excluding ortho intramolecular Hbond substituents is 1. The number of carbonyl (C=O) groups is 1. The van der Waals surface area contributed by atoms with Crippen LogP contribution in [-0.4, -0.2) is 18.1 Å². The van der Waals surface area contributed by atoms with Crippen LogP contribution in [0, 0.1) is 5.41 Å². The molecular weight excluding hydrogens is 422 g/mol. The van der Waals surface area contributed by atoms with Crippen molar-refractivity contribution in [3.8, 4) is 11.5 Å². The molecule has 0 atom stereocenters. The number of unbranched alkanes of at least 4 members (excludes halogenated alkanes) is 2. The average Bonchev–Trinajstić information content (AvgIpc) is 2.82. The van der Waals surface area contributed by atoms with Gasteiger partial charge in [-0.05, 0) is 61.6 Å². The van der Waals surface area contributed by atoms with Crippen LogP contribution in [0.1, 0.15) is 84.1 Å². The van der Waals surface area contributed by atoms with E-state index in [-0.39, 0.29) is 11.7 Å². The molecule has 0 aliphatic carbocycles. The molecule has 1 aromatic carbocycles. The van der Waals surface area contributed by atoms with E-state index in [0.717, 1.165) is 37.7 Å². The van der Waals surface area contributed by atoms with Crippen molar-refractivity contribution in [2.24, 2.45) is 5.41 Å². The van der Waals surface area contributed by atoms with Crippen LogP contribution >= 0.6 is 0 Å². The zero-order valence-corrected chi connectivity index (χ0v) is 21.7. The summed E-state index contributed by atoms with van der Waals surface area (Å²) < 4.78 is 5.08. The lowest BCUT2D eigenvalue weighted by molar-refractivity contribution is -0.121. The monoisotopic (exact) mass is 467 g/mol. The number of allylic oxidation sites excluding steroid dienone is 8. The third-order valence-corrected chi connectivity index (χ3v) is 5.57. The molecule has 0 heterocycles. The highest BCUT2D eigenvalue weighted by atomic mass is 16.5. The molecular formula is C30H45NO3. The smallest absolute Gasteiger partial charge is 0.220 e. The molecule has 1 amide bonds. The summed E-state index contributed by atoms with van der Waals surface area (Å²) in [6.45, 7) is 7.29. The number of benzene rings is 1. The SMILES string of the molecule is CCCCC(C)(C)/C=C\C/C=C\C/C=C\C/C=C\CCCC(=O)NCc1ccc(O)c(OC)c1. The van der Waals surface area contributed by atoms with E-state index in [2.05, 4.69) is 74.7 Å². The van der Waals surface area contributed by atoms with Gasteiger partial charge < -0.3 is 15.2 Å². The molecule has 188 valence electrons. The van der Waals surface area contributed by atoms with E-state index in [1.54, 1.807) is 18.2 Å². The molecule has 0 aliphatic heterocycles. The Bertz CT molecular complexity index is 818. The quantitative estimate of drug-likeness (QED) is 0.181. The van der Waals surface area contributed by atoms with Gasteiger partial charge in [0.05, 0.1) is 7.11 Å². The number of hydrogen-bond acceptors (Lipinski definition) is 3. The third kappa shape index (κ3) is 14.4. The van der Waals surface area contributed by atoms with Crippen LogP contribution < -0.4 is 10.1 Å². The summed E-state index contributed by atoms with van der Waals surface area (Å²) >= 11 is 0. The van der Waals surface area contributed by atoms with Gasteiger partial charge in [-0.2, -0.15) is 0 Å². The molecule has 0 saturated heterocycles. The fourth-order valence-corrected chi connectivity index (χ4v) is 3.44. The lowest BCUT2D eigenvalue weighted by atomic mass is 9.87. The van der Waals surface area contributed by atoms with E-state index >= 15 is 0 Å². The lowest BCUT2D eigenvalue weighted by Gasteiger charge is -2.19. The van der Waals surface area contributed by atoms with Crippen molar-refractivity contribution < 1.29 is 14.6 Å². The third-order valence-electron chi connectivity index (χ3n) is 5.57. The number of aromatic hydroxyl groups is 1. The molecule has 2 N–H and O–H groups in total. The van der Waals surface area contributed by atoms with Crippen molar-refractivity contribution in [2.45, 2.75) is 85.1 Å². The Morgan fingerprint density at radius 1 is 1.00 bits per heavy atom. The highest BCUT2D eigenvalue weighted by molar-refractivity contribution is 5.75. The average molecular weight is 468 g/mol. The van der Waals surface area contributed by atoms with Gasteiger partial charge in [-0.25, -0.2) is 0 Å². The molecule has 1 aromatic rings. The fourth-order valence-electron chi connectivity index (χ4n) is 3.44. The van der Waals surface area contributed by atoms with E-state index in [9.17, 15) is 9.90 Å². The van der Waals surface area contributed by atoms with Crippen LogP contribution in [0.4, 0.5) is 0 Å². The second-order valence-electron chi connectivity index (χ2n) is 9.29. The molecule has 0 fully saturated rings. The minimum absolute atomic E-state index is 0.0338. The summed E-state index contributed by atoms with van der Waals surface area (Å²) in [5.41, 5.74) is 1.20. The molecule has 34 heavy (non-hydrogen) atoms. The zero-order chi connectivity index (χ0) is 25.1. The molecule has 0 saturated carbocycles. The number of hydrogen-bond donors (Lipinski definition) is 2. The van der Waals surface area contributed by atoms with Gasteiger partial charge in [-0.15, -0.1) is 0 Å². The number of phenols is 1. The second-order valence-corrected chi connectivity index (χ2v) is 9.29. The van der Waals surface area contributed by atoms with Gasteiger partial charge in [0.1, 0.15) is 0 Å². The summed E-state index contributed by atoms with van der Waals surface area (Å²) in [6.07, 6.45) is 26.7. The van der Waals surface area contributed by atoms with Crippen molar-refractivity contribution in [1.29, 1.82) is 0 Å². The summed E-state index contributed by atoms with van der Waals surface area (Å²) in [4.78, 5) is 12.0. The van der Waals surface area contributed by atoms with Crippen LogP contribution in [-0.2, 0) is 11.3 Å². The Morgan fingerprint density at radius 3 is 2.29 bits per heavy atom. The first-order valence-corrected chi connectivity index (χ1v) is 12.6. The largest absolute Gasteiger partial charge is 0.504 e. The first-order valence-electron chi connectivity index (χ1n) is 12.6. The Labute approximate surface area is 207 Å². The maximum atomic E-state index is 12.0. The number of nitrogens with one attached hydrogen (secondary N) is 1. The van der Waals surface area contributed by atoms with Crippen molar-refractivity contribution >= 4 is 5.91 Å². The van der Waals surface area contributed by atoms with Crippen molar-refractivity contribution in [1.82, 2.24) is 5.32 Å². The molecule has 0 aromatic heterocycles. The normalized spacial score (nSPS) is 12.5. The highest BCUT2D eigenvalue weighted by Gasteiger charge is 2.11. The summed E-state index contributed by atoms with van der Waals surface area (Å²) in [7, 11) is 1.51. The topological polar surface area (TPSA) is 58.6 Å². The molecule has 0 unspecified atom stereocenters. The van der Waals surface area contributed by atoms with Crippen LogP contribution in [0.25, 0.3) is 0 Å². The number of ether oxygens (including phenoxy) is 1. The zero-order valence-electron chi connectivity index (χ0n) is 21.7. The lowest BCUT2D eigenvalue weighted by Crippen LogP contribution is -2.22. The highest BCUT2D eigenvalue weighted by Crippen LogP contribution is 2.26. The van der Waals surface area contributed by atoms with E-state index in [4.69, 9.17) is 4.74 Å². The maximum absolute atomic E-state index is 12.0. The van der Waals surface area contributed by atoms with Crippen molar-refractivity contribution in [3.05, 3.63) is 72.4 Å². The second kappa shape index (κ2) is 17.7. The van der Waals surface area contributed by atoms with Gasteiger partial charge in [0.25, 0.3) is 0 Å². The van der Waals surface area contributed by atoms with Gasteiger partial charge in [-0.3, -0.25) is 4.79 Å². The van der Waals surface area contributed by atoms with Gasteiger partial charge in [0, 0.05) is 13.0 Å². The number of rotatable bonds is 17. The number of methoxy groups -OCH3 is 1. The van der Waals surface area contributed by atoms with E-state index in [1.807, 2.05) is 0 Å². The molecule has 1 rings (SSSR count). The van der Waals surface area contributed by atoms with Gasteiger partial charge in [-0.1, -0.05) is 88.3 Å². The first kappa shape index (κ1) is 29.3. The number of amides is 1. The Morgan fingerprint density at radius 2 is 1.65 bits per heavy atom. The van der Waals surface area contributed by atoms with Gasteiger partial charge in [0.2, 0.25) is 5.91 Å². The van der Waals surface area contributed by atoms with E-state index in [1.165, 1.54) is 26.4 Å².